The van der Waals surface area contributed by atoms with Crippen LogP contribution in [-0.2, 0) is 5.54 Å². The van der Waals surface area contributed by atoms with Gasteiger partial charge in [-0.15, -0.1) is 13.2 Å². The summed E-state index contributed by atoms with van der Waals surface area (Å²) in [5.41, 5.74) is -0.0754. The Morgan fingerprint density at radius 1 is 1.17 bits per heavy atom. The van der Waals surface area contributed by atoms with Gasteiger partial charge in [0.1, 0.15) is 5.75 Å². The first kappa shape index (κ1) is 23.8. The number of nitrogens with zero attached hydrogens (tertiary/aromatic N) is 6. The lowest BCUT2D eigenvalue weighted by Gasteiger charge is -2.33. The van der Waals surface area contributed by atoms with Gasteiger partial charge in [-0.3, -0.25) is 9.89 Å². The second-order valence-electron chi connectivity index (χ2n) is 8.37. The van der Waals surface area contributed by atoms with Crippen LogP contribution in [0.3, 0.4) is 0 Å². The SMILES string of the molecule is CC1(c2nc(-c3ccccc3OC(F)(F)F)n[nH]2)CCCN1C(=O)c1cc(Cl)ccc1-n1nccn1. The number of nitrogens with one attached hydrogen (secondary N) is 1. The van der Waals surface area contributed by atoms with Crippen LogP contribution < -0.4 is 4.74 Å². The third-order valence-corrected chi connectivity index (χ3v) is 6.29. The molecule has 2 aromatic heterocycles. The molecule has 5 rings (SSSR count). The summed E-state index contributed by atoms with van der Waals surface area (Å²) < 4.78 is 42.8. The molecule has 0 bridgehead atoms. The van der Waals surface area contributed by atoms with E-state index < -0.39 is 17.7 Å². The van der Waals surface area contributed by atoms with Crippen LogP contribution in [0.5, 0.6) is 5.75 Å². The van der Waals surface area contributed by atoms with Crippen LogP contribution in [0, 0.1) is 0 Å². The van der Waals surface area contributed by atoms with E-state index in [-0.39, 0.29) is 17.3 Å². The van der Waals surface area contributed by atoms with Gasteiger partial charge in [-0.25, -0.2) is 4.98 Å². The Bertz CT molecular complexity index is 1410. The van der Waals surface area contributed by atoms with Crippen molar-refractivity contribution >= 4 is 17.5 Å². The van der Waals surface area contributed by atoms with E-state index in [1.807, 2.05) is 6.92 Å². The monoisotopic (exact) mass is 517 g/mol. The van der Waals surface area contributed by atoms with Crippen LogP contribution in [0.15, 0.2) is 54.9 Å². The van der Waals surface area contributed by atoms with E-state index >= 15 is 0 Å². The molecule has 0 radical (unpaired) electrons. The van der Waals surface area contributed by atoms with Crippen LogP contribution in [-0.4, -0.2) is 53.9 Å². The summed E-state index contributed by atoms with van der Waals surface area (Å²) in [6, 6.07) is 10.5. The van der Waals surface area contributed by atoms with Gasteiger partial charge in [-0.2, -0.15) is 20.1 Å². The van der Waals surface area contributed by atoms with Gasteiger partial charge in [0.25, 0.3) is 5.91 Å². The van der Waals surface area contributed by atoms with Gasteiger partial charge in [0.15, 0.2) is 11.6 Å². The number of H-pyrrole nitrogens is 1. The fourth-order valence-corrected chi connectivity index (χ4v) is 4.53. The Hall–Kier alpha value is -3.93. The number of carbonyl (C=O) groups excluding carboxylic acids is 1. The fourth-order valence-electron chi connectivity index (χ4n) is 4.36. The number of para-hydroxylation sites is 1. The first-order valence-corrected chi connectivity index (χ1v) is 11.3. The van der Waals surface area contributed by atoms with E-state index in [1.165, 1.54) is 35.4 Å². The molecule has 1 N–H and O–H groups in total. The fraction of sp³-hybridized carbons (Fsp3) is 0.261. The lowest BCUT2D eigenvalue weighted by Crippen LogP contribution is -2.44. The maximum Gasteiger partial charge on any atom is 0.573 e. The highest BCUT2D eigenvalue weighted by molar-refractivity contribution is 6.31. The molecular formula is C23H19ClF3N7O2. The predicted octanol–water partition coefficient (Wildman–Crippen LogP) is 4.76. The average molecular weight is 518 g/mol. The lowest BCUT2D eigenvalue weighted by atomic mass is 9.97. The minimum Gasteiger partial charge on any atom is -0.405 e. The molecule has 1 amide bonds. The third kappa shape index (κ3) is 4.39. The van der Waals surface area contributed by atoms with Crippen molar-refractivity contribution in [3.8, 4) is 22.8 Å². The molecule has 9 nitrogen and oxygen atoms in total. The number of carbonyl (C=O) groups is 1. The maximum atomic E-state index is 13.8. The summed E-state index contributed by atoms with van der Waals surface area (Å²) in [5, 5.41) is 15.6. The second kappa shape index (κ2) is 8.94. The summed E-state index contributed by atoms with van der Waals surface area (Å²) >= 11 is 6.21. The summed E-state index contributed by atoms with van der Waals surface area (Å²) in [7, 11) is 0. The summed E-state index contributed by atoms with van der Waals surface area (Å²) in [4.78, 5) is 21.2. The van der Waals surface area contributed by atoms with Gasteiger partial charge in [0.2, 0.25) is 0 Å². The van der Waals surface area contributed by atoms with Crippen molar-refractivity contribution in [2.75, 3.05) is 6.54 Å². The Labute approximate surface area is 207 Å². The van der Waals surface area contributed by atoms with Crippen LogP contribution in [0.4, 0.5) is 13.2 Å². The molecule has 1 fully saturated rings. The van der Waals surface area contributed by atoms with Gasteiger partial charge in [-0.05, 0) is 50.1 Å². The van der Waals surface area contributed by atoms with Gasteiger partial charge in [-0.1, -0.05) is 23.7 Å². The Kier molecular flexibility index (Phi) is 5.91. The smallest absolute Gasteiger partial charge is 0.405 e. The quantitative estimate of drug-likeness (QED) is 0.410. The number of ether oxygens (including phenoxy) is 1. The standard InChI is InChI=1S/C23H19ClF3N7O2/c1-22(21-30-19(31-32-21)15-5-2-3-6-18(15)36-23(25,26)27)9-4-12-33(22)20(35)16-13-14(24)7-8-17(16)34-28-10-11-29-34/h2-3,5-8,10-11,13H,4,9,12H2,1H3,(H,30,31,32). The minimum atomic E-state index is -4.87. The first-order valence-electron chi connectivity index (χ1n) is 10.9. The highest BCUT2D eigenvalue weighted by Gasteiger charge is 2.45. The van der Waals surface area contributed by atoms with E-state index in [9.17, 15) is 18.0 Å². The largest absolute Gasteiger partial charge is 0.573 e. The van der Waals surface area contributed by atoms with Gasteiger partial charge < -0.3 is 9.64 Å². The van der Waals surface area contributed by atoms with Crippen LogP contribution >= 0.6 is 11.6 Å². The Morgan fingerprint density at radius 3 is 2.67 bits per heavy atom. The summed E-state index contributed by atoms with van der Waals surface area (Å²) in [6.07, 6.45) is -0.627. The second-order valence-corrected chi connectivity index (χ2v) is 8.80. The molecule has 1 saturated heterocycles. The molecular weight excluding hydrogens is 499 g/mol. The summed E-state index contributed by atoms with van der Waals surface area (Å²) in [5.74, 6) is -0.376. The van der Waals surface area contributed by atoms with Gasteiger partial charge in [0, 0.05) is 11.6 Å². The van der Waals surface area contributed by atoms with E-state index in [2.05, 4.69) is 30.1 Å². The zero-order chi connectivity index (χ0) is 25.5. The number of aromatic nitrogens is 6. The number of amides is 1. The lowest BCUT2D eigenvalue weighted by molar-refractivity contribution is -0.274. The van der Waals surface area contributed by atoms with Crippen molar-refractivity contribution in [3.05, 3.63) is 71.3 Å². The molecule has 1 aliphatic heterocycles. The van der Waals surface area contributed by atoms with E-state index in [0.29, 0.717) is 41.5 Å². The molecule has 0 saturated carbocycles. The van der Waals surface area contributed by atoms with Crippen LogP contribution in [0.2, 0.25) is 5.02 Å². The molecule has 1 atom stereocenters. The van der Waals surface area contributed by atoms with Crippen molar-refractivity contribution in [1.29, 1.82) is 0 Å². The van der Waals surface area contributed by atoms with E-state index in [4.69, 9.17) is 11.6 Å². The number of likely N-dealkylation sites (tertiary alicyclic amines) is 1. The predicted molar refractivity (Wildman–Crippen MR) is 122 cm³/mol. The van der Waals surface area contributed by atoms with Crippen molar-refractivity contribution in [3.63, 3.8) is 0 Å². The maximum absolute atomic E-state index is 13.8. The molecule has 2 aromatic carbocycles. The summed E-state index contributed by atoms with van der Waals surface area (Å²) in [6.45, 7) is 2.26. The third-order valence-electron chi connectivity index (χ3n) is 6.06. The van der Waals surface area contributed by atoms with Crippen LogP contribution in [0.25, 0.3) is 17.1 Å². The van der Waals surface area contributed by atoms with Crippen LogP contribution in [0.1, 0.15) is 35.9 Å². The van der Waals surface area contributed by atoms with Gasteiger partial charge >= 0.3 is 6.36 Å². The first-order chi connectivity index (χ1) is 17.2. The van der Waals surface area contributed by atoms with E-state index in [0.717, 1.165) is 0 Å². The zero-order valence-corrected chi connectivity index (χ0v) is 19.6. The van der Waals surface area contributed by atoms with Gasteiger partial charge in [0.05, 0.1) is 34.7 Å². The number of benzene rings is 2. The average Bonchev–Trinajstić information content (AvgIpc) is 3.59. The molecule has 0 aliphatic carbocycles. The van der Waals surface area contributed by atoms with Crippen molar-refractivity contribution in [2.24, 2.45) is 0 Å². The normalized spacial score (nSPS) is 18.0. The van der Waals surface area contributed by atoms with E-state index in [1.54, 1.807) is 29.2 Å². The Morgan fingerprint density at radius 2 is 1.92 bits per heavy atom. The number of halogens is 4. The molecule has 0 spiro atoms. The molecule has 186 valence electrons. The highest BCUT2D eigenvalue weighted by atomic mass is 35.5. The number of hydrogen-bond donors (Lipinski definition) is 1. The van der Waals surface area contributed by atoms with Crippen molar-refractivity contribution < 1.29 is 22.7 Å². The number of hydrogen-bond acceptors (Lipinski definition) is 6. The highest BCUT2D eigenvalue weighted by Crippen LogP contribution is 2.40. The molecule has 1 unspecified atom stereocenters. The molecule has 4 aromatic rings. The molecule has 3 heterocycles. The number of aromatic amines is 1. The number of alkyl halides is 3. The molecule has 1 aliphatic rings. The molecule has 13 heteroatoms. The Balaban J connectivity index is 1.50. The van der Waals surface area contributed by atoms with Crippen molar-refractivity contribution in [1.82, 2.24) is 35.1 Å². The zero-order valence-electron chi connectivity index (χ0n) is 18.8. The molecule has 36 heavy (non-hydrogen) atoms. The minimum absolute atomic E-state index is 0.0227. The topological polar surface area (TPSA) is 102 Å². The van der Waals surface area contributed by atoms with Crippen molar-refractivity contribution in [2.45, 2.75) is 31.7 Å². The number of rotatable bonds is 5.